The average Bonchev–Trinajstić information content (AvgIpc) is 2.62. The van der Waals surface area contributed by atoms with Gasteiger partial charge in [0.2, 0.25) is 0 Å². The maximum absolute atomic E-state index is 9.62. The van der Waals surface area contributed by atoms with Crippen LogP contribution in [0.15, 0.2) is 29.2 Å². The highest BCUT2D eigenvalue weighted by Gasteiger charge is 2.26. The molecule has 1 aromatic rings. The van der Waals surface area contributed by atoms with Gasteiger partial charge in [-0.2, -0.15) is 5.26 Å². The lowest BCUT2D eigenvalue weighted by Crippen LogP contribution is -2.39. The van der Waals surface area contributed by atoms with Gasteiger partial charge in [-0.3, -0.25) is 4.72 Å². The molecule has 0 spiro atoms. The molecule has 1 saturated heterocycles. The number of nitrogens with zero attached hydrogens (tertiary/aromatic N) is 2. The van der Waals surface area contributed by atoms with Crippen LogP contribution < -0.4 is 9.62 Å². The monoisotopic (exact) mass is 381 g/mol. The minimum absolute atomic E-state index is 0.246. The minimum Gasteiger partial charge on any atom is -0.400 e. The van der Waals surface area contributed by atoms with Gasteiger partial charge < -0.3 is 25.0 Å². The Labute approximate surface area is 159 Å². The fourth-order valence-corrected chi connectivity index (χ4v) is 3.08. The summed E-state index contributed by atoms with van der Waals surface area (Å²) >= 11 is 1.22. The number of ether oxygens (including phenoxy) is 1. The standard InChI is InChI=1S/C17H23N3O3S.CH4O/c1-20(2)13-5-3-12(4-6-13)7-16(10-18)24-19-11-15-8-14(21)9-17(22)23-15;1-2/h3-7,14-15,17,19,21-22H,8-9,11H2,1-2H3;2H,1H3/b16-7+;. The predicted octanol–water partition coefficient (Wildman–Crippen LogP) is 1.32. The summed E-state index contributed by atoms with van der Waals surface area (Å²) in [4.78, 5) is 2.55. The van der Waals surface area contributed by atoms with Crippen molar-refractivity contribution in [3.8, 4) is 6.07 Å². The Morgan fingerprint density at radius 2 is 1.96 bits per heavy atom. The normalized spacial score (nSPS) is 22.8. The molecule has 26 heavy (non-hydrogen) atoms. The van der Waals surface area contributed by atoms with Gasteiger partial charge in [0.25, 0.3) is 0 Å². The summed E-state index contributed by atoms with van der Waals surface area (Å²) in [5.41, 5.74) is 2.05. The maximum Gasteiger partial charge on any atom is 0.157 e. The third-order valence-electron chi connectivity index (χ3n) is 3.67. The Bertz CT molecular complexity index is 591. The molecule has 1 aromatic carbocycles. The first-order valence-corrected chi connectivity index (χ1v) is 9.04. The summed E-state index contributed by atoms with van der Waals surface area (Å²) in [6, 6.07) is 10.1. The van der Waals surface area contributed by atoms with Crippen molar-refractivity contribution in [2.24, 2.45) is 0 Å². The van der Waals surface area contributed by atoms with Crippen molar-refractivity contribution in [3.05, 3.63) is 34.7 Å². The molecule has 144 valence electrons. The van der Waals surface area contributed by atoms with E-state index in [2.05, 4.69) is 10.8 Å². The molecule has 3 unspecified atom stereocenters. The molecule has 0 bridgehead atoms. The van der Waals surface area contributed by atoms with Gasteiger partial charge in [0, 0.05) is 46.3 Å². The first-order chi connectivity index (χ1) is 12.5. The molecule has 1 aliphatic rings. The Morgan fingerprint density at radius 3 is 2.50 bits per heavy atom. The summed E-state index contributed by atoms with van der Waals surface area (Å²) in [5.74, 6) is 0. The third kappa shape index (κ3) is 7.74. The number of aliphatic hydroxyl groups is 3. The van der Waals surface area contributed by atoms with E-state index >= 15 is 0 Å². The van der Waals surface area contributed by atoms with Crippen molar-refractivity contribution in [1.82, 2.24) is 4.72 Å². The Kier molecular flexibility index (Phi) is 10.3. The van der Waals surface area contributed by atoms with Gasteiger partial charge >= 0.3 is 0 Å². The van der Waals surface area contributed by atoms with Gasteiger partial charge in [-0.25, -0.2) is 0 Å². The van der Waals surface area contributed by atoms with E-state index < -0.39 is 12.4 Å². The van der Waals surface area contributed by atoms with Crippen LogP contribution in [-0.2, 0) is 4.74 Å². The number of nitrogens with one attached hydrogen (secondary N) is 1. The lowest BCUT2D eigenvalue weighted by molar-refractivity contribution is -0.186. The predicted molar refractivity (Wildman–Crippen MR) is 104 cm³/mol. The fraction of sp³-hybridized carbons (Fsp3) is 0.500. The smallest absolute Gasteiger partial charge is 0.157 e. The number of allylic oxidation sites excluding steroid dienone is 1. The second-order valence-electron chi connectivity index (χ2n) is 5.89. The Balaban J connectivity index is 0.00000163. The third-order valence-corrected chi connectivity index (χ3v) is 4.41. The highest BCUT2D eigenvalue weighted by Crippen LogP contribution is 2.21. The van der Waals surface area contributed by atoms with E-state index in [1.54, 1.807) is 0 Å². The van der Waals surface area contributed by atoms with E-state index in [4.69, 9.17) is 9.84 Å². The van der Waals surface area contributed by atoms with Crippen LogP contribution in [0.25, 0.3) is 6.08 Å². The zero-order chi connectivity index (χ0) is 19.5. The van der Waals surface area contributed by atoms with E-state index in [1.165, 1.54) is 11.9 Å². The molecular formula is C18H27N3O4S. The Morgan fingerprint density at radius 1 is 1.31 bits per heavy atom. The molecule has 3 atom stereocenters. The molecule has 0 radical (unpaired) electrons. The van der Waals surface area contributed by atoms with Crippen molar-refractivity contribution in [2.75, 3.05) is 32.6 Å². The summed E-state index contributed by atoms with van der Waals surface area (Å²) < 4.78 is 8.41. The van der Waals surface area contributed by atoms with E-state index in [0.717, 1.165) is 18.4 Å². The molecule has 7 nitrogen and oxygen atoms in total. The first kappa shape index (κ1) is 22.4. The van der Waals surface area contributed by atoms with E-state index in [9.17, 15) is 15.5 Å². The molecule has 4 N–H and O–H groups in total. The lowest BCUT2D eigenvalue weighted by Gasteiger charge is -2.30. The lowest BCUT2D eigenvalue weighted by atomic mass is 10.1. The molecular weight excluding hydrogens is 354 g/mol. The molecule has 2 rings (SSSR count). The van der Waals surface area contributed by atoms with Crippen LogP contribution in [0.4, 0.5) is 5.69 Å². The molecule has 0 aliphatic carbocycles. The average molecular weight is 381 g/mol. The fourth-order valence-electron chi connectivity index (χ4n) is 2.41. The number of rotatable bonds is 6. The van der Waals surface area contributed by atoms with Gasteiger partial charge in [-0.15, -0.1) is 0 Å². The van der Waals surface area contributed by atoms with Crippen LogP contribution in [-0.4, -0.2) is 61.6 Å². The van der Waals surface area contributed by atoms with Crippen LogP contribution in [0.3, 0.4) is 0 Å². The summed E-state index contributed by atoms with van der Waals surface area (Å²) in [7, 11) is 4.96. The van der Waals surface area contributed by atoms with Crippen molar-refractivity contribution in [1.29, 1.82) is 5.26 Å². The van der Waals surface area contributed by atoms with Crippen LogP contribution in [0.5, 0.6) is 0 Å². The summed E-state index contributed by atoms with van der Waals surface area (Å²) in [6.45, 7) is 0.442. The van der Waals surface area contributed by atoms with Crippen LogP contribution in [0.1, 0.15) is 18.4 Å². The Hall–Kier alpha value is -1.60. The molecule has 0 saturated carbocycles. The van der Waals surface area contributed by atoms with Gasteiger partial charge in [0.15, 0.2) is 6.29 Å². The first-order valence-electron chi connectivity index (χ1n) is 8.23. The maximum atomic E-state index is 9.62. The van der Waals surface area contributed by atoms with Crippen molar-refractivity contribution in [2.45, 2.75) is 31.3 Å². The summed E-state index contributed by atoms with van der Waals surface area (Å²) in [5, 5.41) is 35.3. The van der Waals surface area contributed by atoms with Crippen LogP contribution in [0.2, 0.25) is 0 Å². The van der Waals surface area contributed by atoms with Crippen molar-refractivity contribution in [3.63, 3.8) is 0 Å². The van der Waals surface area contributed by atoms with Crippen LogP contribution >= 0.6 is 11.9 Å². The topological polar surface area (TPSA) is 109 Å². The van der Waals surface area contributed by atoms with Gasteiger partial charge in [0.05, 0.1) is 12.2 Å². The molecule has 8 heteroatoms. The minimum atomic E-state index is -0.924. The molecule has 1 fully saturated rings. The quantitative estimate of drug-likeness (QED) is 0.432. The van der Waals surface area contributed by atoms with Gasteiger partial charge in [-0.1, -0.05) is 12.1 Å². The zero-order valence-electron chi connectivity index (χ0n) is 15.3. The van der Waals surface area contributed by atoms with E-state index in [-0.39, 0.29) is 12.5 Å². The molecule has 1 heterocycles. The number of hydrogen-bond donors (Lipinski definition) is 4. The largest absolute Gasteiger partial charge is 0.400 e. The highest BCUT2D eigenvalue weighted by molar-refractivity contribution is 8.01. The van der Waals surface area contributed by atoms with Crippen LogP contribution in [0, 0.1) is 11.3 Å². The molecule has 0 amide bonds. The number of aliphatic hydroxyl groups excluding tert-OH is 3. The number of benzene rings is 1. The van der Waals surface area contributed by atoms with E-state index in [0.29, 0.717) is 17.9 Å². The van der Waals surface area contributed by atoms with Gasteiger partial charge in [-0.05, 0) is 35.7 Å². The number of anilines is 1. The molecule has 0 aromatic heterocycles. The van der Waals surface area contributed by atoms with E-state index in [1.807, 2.05) is 49.3 Å². The summed E-state index contributed by atoms with van der Waals surface area (Å²) in [6.07, 6.45) is 0.787. The van der Waals surface area contributed by atoms with Gasteiger partial charge in [0.1, 0.15) is 11.0 Å². The highest BCUT2D eigenvalue weighted by atomic mass is 32.2. The zero-order valence-corrected chi connectivity index (χ0v) is 16.1. The number of hydrogen-bond acceptors (Lipinski definition) is 8. The molecule has 1 aliphatic heterocycles. The SMILES string of the molecule is CN(C)c1ccc(/C=C(\C#N)SNCC2CC(O)CC(O)O2)cc1.CO. The van der Waals surface area contributed by atoms with Crippen molar-refractivity contribution < 1.29 is 20.1 Å². The second kappa shape index (κ2) is 11.9. The van der Waals surface area contributed by atoms with Crippen molar-refractivity contribution >= 4 is 23.7 Å². The number of nitriles is 1. The second-order valence-corrected chi connectivity index (χ2v) is 6.83.